The highest BCUT2D eigenvalue weighted by atomic mass is 32.2. The number of benzene rings is 1. The molecule has 2 unspecified atom stereocenters. The van der Waals surface area contributed by atoms with Gasteiger partial charge in [0.05, 0.1) is 28.3 Å². The summed E-state index contributed by atoms with van der Waals surface area (Å²) in [6, 6.07) is 5.18. The number of halogens is 3. The van der Waals surface area contributed by atoms with E-state index in [0.29, 0.717) is 11.3 Å². The predicted molar refractivity (Wildman–Crippen MR) is 113 cm³/mol. The summed E-state index contributed by atoms with van der Waals surface area (Å²) < 4.78 is 55.9. The van der Waals surface area contributed by atoms with Crippen LogP contribution in [0.1, 0.15) is 27.7 Å². The topological polar surface area (TPSA) is 74.7 Å². The normalized spacial score (nSPS) is 18.1. The number of aromatic nitrogens is 2. The monoisotopic (exact) mass is 459 g/mol. The Morgan fingerprint density at radius 1 is 1.16 bits per heavy atom. The van der Waals surface area contributed by atoms with Gasteiger partial charge in [0.15, 0.2) is 11.6 Å². The van der Waals surface area contributed by atoms with Crippen molar-refractivity contribution < 1.29 is 22.2 Å². The zero-order valence-corrected chi connectivity index (χ0v) is 17.5. The predicted octanol–water partition coefficient (Wildman–Crippen LogP) is 3.27. The maximum absolute atomic E-state index is 14.1. The molecule has 1 aromatic carbocycles. The van der Waals surface area contributed by atoms with Gasteiger partial charge in [-0.15, -0.1) is 0 Å². The highest BCUT2D eigenvalue weighted by molar-refractivity contribution is 7.84. The van der Waals surface area contributed by atoms with Gasteiger partial charge in [0.25, 0.3) is 11.5 Å². The first-order chi connectivity index (χ1) is 15.2. The fourth-order valence-electron chi connectivity index (χ4n) is 4.23. The standard InChI is InChI=1S/C22H16F3N3O3S/c1-27(22(30)11-5-18-14(23)3-2-4-28(18)8-11)19-10-32(31)9-17-20(19)12-6-15(24)16(25)7-13(12)21(29)26-17/h2-8,19H,9-10H2,1H3,(H,26,29). The number of rotatable bonds is 2. The molecule has 0 fully saturated rings. The zero-order chi connectivity index (χ0) is 22.7. The van der Waals surface area contributed by atoms with E-state index in [9.17, 15) is 27.0 Å². The molecule has 164 valence electrons. The molecule has 0 saturated heterocycles. The summed E-state index contributed by atoms with van der Waals surface area (Å²) in [5.74, 6) is -3.16. The number of hydrogen-bond donors (Lipinski definition) is 1. The van der Waals surface area contributed by atoms with E-state index >= 15 is 0 Å². The molecule has 0 bridgehead atoms. The highest BCUT2D eigenvalue weighted by Crippen LogP contribution is 2.35. The maximum atomic E-state index is 14.1. The molecule has 0 aliphatic carbocycles. The van der Waals surface area contributed by atoms with Gasteiger partial charge < -0.3 is 14.3 Å². The number of fused-ring (bicyclic) bond motifs is 4. The lowest BCUT2D eigenvalue weighted by Crippen LogP contribution is -2.38. The molecule has 1 N–H and O–H groups in total. The van der Waals surface area contributed by atoms with Crippen molar-refractivity contribution in [2.45, 2.75) is 11.8 Å². The van der Waals surface area contributed by atoms with Gasteiger partial charge in [-0.05, 0) is 35.7 Å². The molecule has 2 atom stereocenters. The number of nitrogens with one attached hydrogen (secondary N) is 1. The van der Waals surface area contributed by atoms with E-state index in [2.05, 4.69) is 4.98 Å². The van der Waals surface area contributed by atoms with Crippen LogP contribution in [0.3, 0.4) is 0 Å². The molecule has 3 aromatic heterocycles. The van der Waals surface area contributed by atoms with Crippen molar-refractivity contribution in [1.82, 2.24) is 14.3 Å². The minimum Gasteiger partial charge on any atom is -0.334 e. The Labute approximate surface area is 181 Å². The number of amides is 1. The molecule has 5 rings (SSSR count). The van der Waals surface area contributed by atoms with Crippen LogP contribution < -0.4 is 5.56 Å². The first-order valence-corrected chi connectivity index (χ1v) is 11.2. The van der Waals surface area contributed by atoms with Gasteiger partial charge >= 0.3 is 0 Å². The number of H-pyrrole nitrogens is 1. The lowest BCUT2D eigenvalue weighted by atomic mass is 9.97. The smallest absolute Gasteiger partial charge is 0.256 e. The molecule has 4 aromatic rings. The minimum absolute atomic E-state index is 0.0271. The molecule has 1 aliphatic rings. The third-order valence-electron chi connectivity index (χ3n) is 5.78. The van der Waals surface area contributed by atoms with Gasteiger partial charge in [0, 0.05) is 47.3 Å². The number of carbonyl (C=O) groups excluding carboxylic acids is 1. The Kier molecular flexibility index (Phi) is 4.70. The summed E-state index contributed by atoms with van der Waals surface area (Å²) in [6.07, 6.45) is 3.09. The van der Waals surface area contributed by atoms with E-state index in [4.69, 9.17) is 0 Å². The van der Waals surface area contributed by atoms with E-state index in [1.807, 2.05) is 0 Å². The molecule has 4 heterocycles. The molecule has 10 heteroatoms. The third kappa shape index (κ3) is 3.13. The quantitative estimate of drug-likeness (QED) is 0.500. The van der Waals surface area contributed by atoms with Crippen LogP contribution in [0, 0.1) is 17.5 Å². The van der Waals surface area contributed by atoms with Gasteiger partial charge in [-0.25, -0.2) is 13.2 Å². The van der Waals surface area contributed by atoms with Gasteiger partial charge in [0.2, 0.25) is 0 Å². The molecule has 32 heavy (non-hydrogen) atoms. The number of aromatic amines is 1. The molecule has 6 nitrogen and oxygen atoms in total. The van der Waals surface area contributed by atoms with Crippen molar-refractivity contribution in [3.05, 3.63) is 87.4 Å². The summed E-state index contributed by atoms with van der Waals surface area (Å²) in [5, 5.41) is 0.106. The molecule has 0 radical (unpaired) electrons. The second kappa shape index (κ2) is 7.33. The molecular weight excluding hydrogens is 443 g/mol. The van der Waals surface area contributed by atoms with E-state index in [1.54, 1.807) is 6.20 Å². The van der Waals surface area contributed by atoms with Crippen LogP contribution in [0.25, 0.3) is 16.3 Å². The summed E-state index contributed by atoms with van der Waals surface area (Å²) in [6.45, 7) is 0. The van der Waals surface area contributed by atoms with E-state index in [0.717, 1.165) is 12.1 Å². The molecule has 1 aliphatic heterocycles. The first-order valence-electron chi connectivity index (χ1n) is 9.66. The molecular formula is C22H16F3N3O3S. The highest BCUT2D eigenvalue weighted by Gasteiger charge is 2.34. The van der Waals surface area contributed by atoms with Gasteiger partial charge in [0.1, 0.15) is 5.82 Å². The van der Waals surface area contributed by atoms with Crippen molar-refractivity contribution in [1.29, 1.82) is 0 Å². The van der Waals surface area contributed by atoms with Crippen molar-refractivity contribution in [2.75, 3.05) is 12.8 Å². The average molecular weight is 459 g/mol. The third-order valence-corrected chi connectivity index (χ3v) is 7.08. The van der Waals surface area contributed by atoms with Gasteiger partial charge in [-0.3, -0.25) is 13.8 Å². The van der Waals surface area contributed by atoms with Crippen LogP contribution in [0.4, 0.5) is 13.2 Å². The molecule has 1 amide bonds. The first kappa shape index (κ1) is 20.5. The number of pyridine rings is 2. The fourth-order valence-corrected chi connectivity index (χ4v) is 5.64. The van der Waals surface area contributed by atoms with E-state index in [1.165, 1.54) is 40.7 Å². The van der Waals surface area contributed by atoms with Gasteiger partial charge in [-0.1, -0.05) is 0 Å². The number of nitrogens with zero attached hydrogens (tertiary/aromatic N) is 2. The Hall–Kier alpha value is -3.40. The largest absolute Gasteiger partial charge is 0.334 e. The summed E-state index contributed by atoms with van der Waals surface area (Å²) >= 11 is 0. The lowest BCUT2D eigenvalue weighted by Gasteiger charge is -2.33. The molecule has 0 saturated carbocycles. The van der Waals surface area contributed by atoms with Crippen LogP contribution >= 0.6 is 0 Å². The lowest BCUT2D eigenvalue weighted by molar-refractivity contribution is 0.0744. The van der Waals surface area contributed by atoms with Crippen molar-refractivity contribution in [2.24, 2.45) is 0 Å². The van der Waals surface area contributed by atoms with Crippen LogP contribution in [0.5, 0.6) is 0 Å². The summed E-state index contributed by atoms with van der Waals surface area (Å²) in [4.78, 5) is 29.6. The second-order valence-corrected chi connectivity index (χ2v) is 9.22. The Morgan fingerprint density at radius 3 is 2.59 bits per heavy atom. The second-order valence-electron chi connectivity index (χ2n) is 7.72. The number of hydrogen-bond acceptors (Lipinski definition) is 3. The summed E-state index contributed by atoms with van der Waals surface area (Å²) in [7, 11) is 0.0933. The van der Waals surface area contributed by atoms with Gasteiger partial charge in [-0.2, -0.15) is 0 Å². The van der Waals surface area contributed by atoms with Crippen LogP contribution in [0.2, 0.25) is 0 Å². The average Bonchev–Trinajstić information content (AvgIpc) is 3.19. The Morgan fingerprint density at radius 2 is 1.88 bits per heavy atom. The van der Waals surface area contributed by atoms with E-state index in [-0.39, 0.29) is 33.4 Å². The van der Waals surface area contributed by atoms with Crippen molar-refractivity contribution in [3.63, 3.8) is 0 Å². The Bertz CT molecular complexity index is 1510. The van der Waals surface area contributed by atoms with Crippen molar-refractivity contribution >= 4 is 33.0 Å². The number of carbonyl (C=O) groups is 1. The molecule has 0 spiro atoms. The van der Waals surface area contributed by atoms with Crippen LogP contribution in [0.15, 0.2) is 47.5 Å². The summed E-state index contributed by atoms with van der Waals surface area (Å²) in [5.41, 5.74) is 0.545. The Balaban J connectivity index is 1.65. The fraction of sp³-hybridized carbons (Fsp3) is 0.182. The SMILES string of the molecule is CN(C(=O)c1cc2c(F)cccn2c1)C1CS(=O)Cc2[nH]c(=O)c3cc(F)c(F)cc3c21. The zero-order valence-electron chi connectivity index (χ0n) is 16.7. The van der Waals surface area contributed by atoms with Crippen LogP contribution in [-0.2, 0) is 16.6 Å². The van der Waals surface area contributed by atoms with E-state index < -0.39 is 45.8 Å². The maximum Gasteiger partial charge on any atom is 0.256 e. The van der Waals surface area contributed by atoms with Crippen LogP contribution in [-0.4, -0.2) is 37.2 Å². The minimum atomic E-state index is -1.40. The van der Waals surface area contributed by atoms with Crippen molar-refractivity contribution in [3.8, 4) is 0 Å².